The van der Waals surface area contributed by atoms with Gasteiger partial charge in [-0.3, -0.25) is 28.8 Å². The largest absolute Gasteiger partial charge is 0.497 e. The molecule has 4 saturated carbocycles. The summed E-state index contributed by atoms with van der Waals surface area (Å²) in [5.74, 6) is 4.09. The second-order valence-electron chi connectivity index (χ2n) is 27.5. The molecule has 0 spiro atoms. The highest BCUT2D eigenvalue weighted by atomic mass is 79.9. The van der Waals surface area contributed by atoms with Gasteiger partial charge in [0, 0.05) is 144 Å². The Kier molecular flexibility index (Phi) is 19.2. The highest BCUT2D eigenvalue weighted by Gasteiger charge is 2.47. The minimum absolute atomic E-state index is 0.111. The van der Waals surface area contributed by atoms with Gasteiger partial charge in [0.1, 0.15) is 42.9 Å². The van der Waals surface area contributed by atoms with E-state index in [1.165, 1.54) is 143 Å². The van der Waals surface area contributed by atoms with E-state index in [-0.39, 0.29) is 5.91 Å². The van der Waals surface area contributed by atoms with Crippen molar-refractivity contribution in [2.45, 2.75) is 158 Å². The zero-order valence-electron chi connectivity index (χ0n) is 56.3. The molecule has 1 amide bonds. The van der Waals surface area contributed by atoms with Crippen molar-refractivity contribution in [1.82, 2.24) is 4.57 Å². The minimum Gasteiger partial charge on any atom is -0.497 e. The Hall–Kier alpha value is -9.40. The number of amides is 1. The molecule has 9 aliphatic rings. The predicted octanol–water partition coefficient (Wildman–Crippen LogP) is 18.8. The number of methoxy groups -OCH3 is 2. The molecule has 8 aromatic carbocycles. The maximum absolute atomic E-state index is 11.8. The van der Waals surface area contributed by atoms with E-state index in [2.05, 4.69) is 133 Å². The van der Waals surface area contributed by atoms with Gasteiger partial charge in [-0.15, -0.1) is 0 Å². The molecule has 0 radical (unpaired) electrons. The van der Waals surface area contributed by atoms with Crippen LogP contribution in [0.25, 0.3) is 16.6 Å². The van der Waals surface area contributed by atoms with Crippen molar-refractivity contribution in [3.05, 3.63) is 230 Å². The van der Waals surface area contributed by atoms with Gasteiger partial charge in [0.2, 0.25) is 5.91 Å². The number of carbonyl (C=O) groups excluding carboxylic acids is 6. The van der Waals surface area contributed by atoms with E-state index in [0.717, 1.165) is 113 Å². The Morgan fingerprint density at radius 2 is 0.867 bits per heavy atom. The zero-order chi connectivity index (χ0) is 67.7. The third-order valence-electron chi connectivity index (χ3n) is 22.4. The molecule has 14 heteroatoms. The van der Waals surface area contributed by atoms with Gasteiger partial charge < -0.3 is 33.6 Å². The fourth-order valence-electron chi connectivity index (χ4n) is 17.9. The number of likely N-dealkylation sites (N-methyl/N-ethyl adjacent to an activating group) is 1. The van der Waals surface area contributed by atoms with E-state index >= 15 is 0 Å². The lowest BCUT2D eigenvalue weighted by Gasteiger charge is -2.37. The fourth-order valence-corrected chi connectivity index (χ4v) is 18.2. The molecule has 13 nitrogen and oxygen atoms in total. The number of carbonyl (C=O) groups is 6. The quantitative estimate of drug-likeness (QED) is 0.114. The summed E-state index contributed by atoms with van der Waals surface area (Å²) in [4.78, 5) is 76.0. The predicted molar refractivity (Wildman–Crippen MR) is 394 cm³/mol. The summed E-state index contributed by atoms with van der Waals surface area (Å²) in [6.07, 6.45) is 22.8. The Bertz CT molecular complexity index is 4490. The van der Waals surface area contributed by atoms with Gasteiger partial charge in [-0.1, -0.05) is 41.6 Å². The number of ether oxygens (including phenoxy) is 2. The summed E-state index contributed by atoms with van der Waals surface area (Å²) in [6.45, 7) is 4.92. The van der Waals surface area contributed by atoms with Crippen LogP contribution in [0.1, 0.15) is 206 Å². The standard InChI is InChI=1S/C19H18BrNO.C19H17NO2.C18H17NO2.C14H15NO2.C14H17NO/c20-14-6-8-15(9-7-14)21-18-4-2-1-3-16(18)17-11-13(12-22)5-10-19(17)21;1-22-15-8-6-14(7-9-15)20-18-4-2-3-16(18)17-11-13(12-21)5-10-19(17)20;1-21-14-5-3-13(4-6-14)19-17-9-7-15(17)16-10-12(11-20)2-8-18(16)19;1-9(17)15-13-4-2-3-11(13)12-7-10(8-16)5-6-14(12)15;1-2-15-13-5-3-4-11(13)12-8-10(9-16)6-7-14(12)15/h5-12,16,18H,1-4H2;5-12H,2-4H2,1H3;2-6,8,10-11,15,17H,7,9H2,1H3;5-8,11,13H,2-4H2,1H3;6-9,11,13H,2-5H2,1H3. The number of hydrogen-bond acceptors (Lipinski definition) is 11. The number of halogens is 1. The summed E-state index contributed by atoms with van der Waals surface area (Å²) < 4.78 is 13.9. The van der Waals surface area contributed by atoms with E-state index < -0.39 is 0 Å². The van der Waals surface area contributed by atoms with Gasteiger partial charge in [-0.05, 0) is 269 Å². The van der Waals surface area contributed by atoms with Crippen molar-refractivity contribution in [2.75, 3.05) is 40.4 Å². The average molecular weight is 1370 g/mol. The molecule has 0 saturated heterocycles. The number of aldehydes is 5. The number of aryl methyl sites for hydroxylation is 1. The molecule has 8 atom stereocenters. The Morgan fingerprint density at radius 1 is 0.439 bits per heavy atom. The third kappa shape index (κ3) is 12.2. The molecule has 8 unspecified atom stereocenters. The van der Waals surface area contributed by atoms with Crippen molar-refractivity contribution in [3.63, 3.8) is 0 Å². The molecular formula is C84H84BrN5O8. The lowest BCUT2D eigenvalue weighted by atomic mass is 9.77. The van der Waals surface area contributed by atoms with Gasteiger partial charge in [-0.25, -0.2) is 0 Å². The minimum atomic E-state index is 0.111. The summed E-state index contributed by atoms with van der Waals surface area (Å²) in [5, 5.41) is 1.22. The Balaban J connectivity index is 0.000000105. The van der Waals surface area contributed by atoms with Crippen LogP contribution in [0.15, 0.2) is 168 Å². The van der Waals surface area contributed by atoms with Crippen LogP contribution in [0.2, 0.25) is 0 Å². The summed E-state index contributed by atoms with van der Waals surface area (Å²) in [6, 6.07) is 57.0. The smallest absolute Gasteiger partial charge is 0.224 e. The van der Waals surface area contributed by atoms with Crippen molar-refractivity contribution < 1.29 is 38.2 Å². The number of hydrogen-bond donors (Lipinski definition) is 0. The molecule has 9 aromatic rings. The molecule has 5 aliphatic carbocycles. The van der Waals surface area contributed by atoms with Crippen molar-refractivity contribution >= 4 is 98.3 Å². The van der Waals surface area contributed by atoms with Crippen LogP contribution in [0.4, 0.5) is 34.1 Å². The molecule has 4 aliphatic heterocycles. The SMILES string of the molecule is CC(=O)N1c2ccc(C=O)cc2C2CCCC21.CCN1c2ccc(C=O)cc2C2CCCC21.COc1ccc(-n2c3c(c4cc(C=O)ccc42)CCC3)cc1.COc1ccc(N2c3ccc(C=O)cc3C3CCC32)cc1.O=Cc1ccc2c(c1)C1CCCCC1N2c1ccc(Br)cc1. The van der Waals surface area contributed by atoms with E-state index in [1.54, 1.807) is 27.2 Å². The summed E-state index contributed by atoms with van der Waals surface area (Å²) >= 11 is 3.52. The number of fused-ring (bicyclic) bond motifs is 15. The van der Waals surface area contributed by atoms with Gasteiger partial charge in [-0.2, -0.15) is 0 Å². The van der Waals surface area contributed by atoms with E-state index in [9.17, 15) is 28.8 Å². The molecule has 500 valence electrons. The van der Waals surface area contributed by atoms with Crippen molar-refractivity contribution in [3.8, 4) is 17.2 Å². The van der Waals surface area contributed by atoms with E-state index in [0.29, 0.717) is 53.4 Å². The first-order valence-corrected chi connectivity index (χ1v) is 35.9. The normalized spacial score (nSPS) is 21.7. The number of aromatic nitrogens is 1. The first-order valence-electron chi connectivity index (χ1n) is 35.1. The first kappa shape index (κ1) is 65.9. The van der Waals surface area contributed by atoms with Gasteiger partial charge >= 0.3 is 0 Å². The van der Waals surface area contributed by atoms with Crippen LogP contribution in [0.3, 0.4) is 0 Å². The lowest BCUT2D eigenvalue weighted by Crippen LogP contribution is -2.37. The van der Waals surface area contributed by atoms with Crippen LogP contribution in [0.5, 0.6) is 11.5 Å². The van der Waals surface area contributed by atoms with Crippen LogP contribution in [0, 0.1) is 0 Å². The first-order chi connectivity index (χ1) is 48.0. The van der Waals surface area contributed by atoms with Gasteiger partial charge in [0.05, 0.1) is 19.7 Å². The molecule has 0 bridgehead atoms. The summed E-state index contributed by atoms with van der Waals surface area (Å²) in [7, 11) is 3.36. The van der Waals surface area contributed by atoms with Crippen molar-refractivity contribution in [1.29, 1.82) is 0 Å². The molecular weight excluding hydrogens is 1290 g/mol. The average Bonchev–Trinajstić information content (AvgIpc) is 1.65. The second-order valence-corrected chi connectivity index (χ2v) is 28.4. The number of benzene rings is 8. The van der Waals surface area contributed by atoms with E-state index in [4.69, 9.17) is 9.47 Å². The Morgan fingerprint density at radius 3 is 1.40 bits per heavy atom. The highest BCUT2D eigenvalue weighted by Crippen LogP contribution is 2.56. The maximum atomic E-state index is 11.8. The highest BCUT2D eigenvalue weighted by molar-refractivity contribution is 9.10. The fraction of sp³-hybridized carbons (Fsp3) is 0.333. The molecule has 98 heavy (non-hydrogen) atoms. The van der Waals surface area contributed by atoms with Gasteiger partial charge in [0.25, 0.3) is 0 Å². The molecule has 4 fully saturated rings. The zero-order valence-corrected chi connectivity index (χ0v) is 57.9. The lowest BCUT2D eigenvalue weighted by molar-refractivity contribution is -0.116. The van der Waals surface area contributed by atoms with E-state index in [1.807, 2.05) is 71.6 Å². The Labute approximate surface area is 582 Å². The number of nitrogens with zero attached hydrogens (tertiary/aromatic N) is 5. The summed E-state index contributed by atoms with van der Waals surface area (Å²) in [5.41, 5.74) is 21.6. The van der Waals surface area contributed by atoms with Crippen LogP contribution in [-0.4, -0.2) is 86.8 Å². The second kappa shape index (κ2) is 28.6. The van der Waals surface area contributed by atoms with Crippen LogP contribution in [-0.2, 0) is 17.6 Å². The molecule has 18 rings (SSSR count). The van der Waals surface area contributed by atoms with Gasteiger partial charge in [0.15, 0.2) is 0 Å². The van der Waals surface area contributed by atoms with Crippen molar-refractivity contribution in [2.24, 2.45) is 0 Å². The third-order valence-corrected chi connectivity index (χ3v) is 22.9. The number of rotatable bonds is 11. The topological polar surface area (TPSA) is 139 Å². The number of anilines is 6. The maximum Gasteiger partial charge on any atom is 0.224 e. The molecule has 0 N–H and O–H groups in total. The van der Waals surface area contributed by atoms with Crippen LogP contribution < -0.4 is 29.1 Å². The van der Waals surface area contributed by atoms with Crippen LogP contribution >= 0.6 is 15.9 Å². The molecule has 1 aromatic heterocycles. The molecule has 5 heterocycles. The monoisotopic (exact) mass is 1370 g/mol.